The number of aromatic hydroxyl groups is 1. The Kier molecular flexibility index (Phi) is 3.48. The highest BCUT2D eigenvalue weighted by Gasteiger charge is 2.29. The second-order valence-corrected chi connectivity index (χ2v) is 5.30. The fourth-order valence-electron chi connectivity index (χ4n) is 1.53. The summed E-state index contributed by atoms with van der Waals surface area (Å²) in [5.41, 5.74) is 1.03. The number of benzene rings is 1. The number of rotatable bonds is 3. The SMILES string of the molecule is CSC(C)C(C)(C)c1ccccc1O. The Morgan fingerprint density at radius 3 is 2.36 bits per heavy atom. The molecule has 0 fully saturated rings. The molecule has 14 heavy (non-hydrogen) atoms. The van der Waals surface area contributed by atoms with Crippen molar-refractivity contribution in [1.29, 1.82) is 0 Å². The van der Waals surface area contributed by atoms with Crippen molar-refractivity contribution in [3.8, 4) is 5.75 Å². The van der Waals surface area contributed by atoms with Crippen molar-refractivity contribution in [1.82, 2.24) is 0 Å². The van der Waals surface area contributed by atoms with Crippen LogP contribution in [0.2, 0.25) is 0 Å². The van der Waals surface area contributed by atoms with Crippen molar-refractivity contribution >= 4 is 11.8 Å². The first-order chi connectivity index (χ1) is 6.50. The zero-order valence-electron chi connectivity index (χ0n) is 9.24. The highest BCUT2D eigenvalue weighted by Crippen LogP contribution is 2.37. The Labute approximate surface area is 90.5 Å². The Balaban J connectivity index is 3.09. The number of para-hydroxylation sites is 1. The third-order valence-corrected chi connectivity index (χ3v) is 4.26. The van der Waals surface area contributed by atoms with E-state index >= 15 is 0 Å². The van der Waals surface area contributed by atoms with Crippen molar-refractivity contribution in [3.05, 3.63) is 29.8 Å². The molecule has 0 heterocycles. The Morgan fingerprint density at radius 1 is 1.29 bits per heavy atom. The average molecular weight is 210 g/mol. The van der Waals surface area contributed by atoms with E-state index in [-0.39, 0.29) is 5.41 Å². The molecule has 0 saturated heterocycles. The van der Waals surface area contributed by atoms with Gasteiger partial charge in [-0.2, -0.15) is 11.8 Å². The largest absolute Gasteiger partial charge is 0.508 e. The van der Waals surface area contributed by atoms with Crippen LogP contribution in [0.3, 0.4) is 0 Å². The monoisotopic (exact) mass is 210 g/mol. The van der Waals surface area contributed by atoms with E-state index in [1.165, 1.54) is 0 Å². The minimum Gasteiger partial charge on any atom is -0.508 e. The molecule has 0 radical (unpaired) electrons. The predicted octanol–water partition coefficient (Wildman–Crippen LogP) is 3.42. The minimum absolute atomic E-state index is 0.00472. The van der Waals surface area contributed by atoms with E-state index in [9.17, 15) is 5.11 Å². The molecule has 0 amide bonds. The number of hydrogen-bond donors (Lipinski definition) is 1. The molecule has 1 aromatic rings. The molecular formula is C12H18OS. The van der Waals surface area contributed by atoms with E-state index in [1.807, 2.05) is 30.0 Å². The second-order valence-electron chi connectivity index (χ2n) is 4.12. The van der Waals surface area contributed by atoms with Gasteiger partial charge in [0.15, 0.2) is 0 Å². The van der Waals surface area contributed by atoms with E-state index in [1.54, 1.807) is 6.07 Å². The molecular weight excluding hydrogens is 192 g/mol. The lowest BCUT2D eigenvalue weighted by Crippen LogP contribution is -2.28. The van der Waals surface area contributed by atoms with Gasteiger partial charge < -0.3 is 5.11 Å². The van der Waals surface area contributed by atoms with Crippen LogP contribution in [0.4, 0.5) is 0 Å². The van der Waals surface area contributed by atoms with Gasteiger partial charge in [-0.15, -0.1) is 0 Å². The zero-order valence-corrected chi connectivity index (χ0v) is 10.1. The van der Waals surface area contributed by atoms with Gasteiger partial charge in [-0.05, 0) is 12.3 Å². The maximum absolute atomic E-state index is 9.78. The first-order valence-corrected chi connectivity index (χ1v) is 6.10. The molecule has 2 heteroatoms. The van der Waals surface area contributed by atoms with Crippen molar-refractivity contribution < 1.29 is 5.11 Å². The number of phenols is 1. The van der Waals surface area contributed by atoms with Crippen LogP contribution in [0.15, 0.2) is 24.3 Å². The van der Waals surface area contributed by atoms with E-state index in [2.05, 4.69) is 27.0 Å². The molecule has 0 aliphatic heterocycles. The lowest BCUT2D eigenvalue weighted by Gasteiger charge is -2.31. The van der Waals surface area contributed by atoms with Gasteiger partial charge >= 0.3 is 0 Å². The Morgan fingerprint density at radius 2 is 1.86 bits per heavy atom. The molecule has 0 spiro atoms. The van der Waals surface area contributed by atoms with E-state index in [4.69, 9.17) is 0 Å². The molecule has 1 unspecified atom stereocenters. The van der Waals surface area contributed by atoms with Crippen molar-refractivity contribution in [3.63, 3.8) is 0 Å². The Hall–Kier alpha value is -0.630. The molecule has 1 atom stereocenters. The molecule has 1 aromatic carbocycles. The van der Waals surface area contributed by atoms with Gasteiger partial charge in [0.05, 0.1) is 0 Å². The quantitative estimate of drug-likeness (QED) is 0.825. The normalized spacial score (nSPS) is 14.0. The summed E-state index contributed by atoms with van der Waals surface area (Å²) in [5, 5.41) is 10.3. The zero-order chi connectivity index (χ0) is 10.8. The van der Waals surface area contributed by atoms with Crippen molar-refractivity contribution in [2.75, 3.05) is 6.26 Å². The summed E-state index contributed by atoms with van der Waals surface area (Å²) in [6.45, 7) is 6.53. The van der Waals surface area contributed by atoms with Gasteiger partial charge in [0.2, 0.25) is 0 Å². The van der Waals surface area contributed by atoms with Gasteiger partial charge in [0, 0.05) is 16.2 Å². The molecule has 0 aromatic heterocycles. The molecule has 1 rings (SSSR count). The van der Waals surface area contributed by atoms with Crippen LogP contribution in [-0.2, 0) is 5.41 Å². The first-order valence-electron chi connectivity index (χ1n) is 4.81. The van der Waals surface area contributed by atoms with Crippen LogP contribution in [0, 0.1) is 0 Å². The number of thioether (sulfide) groups is 1. The van der Waals surface area contributed by atoms with Gasteiger partial charge in [-0.25, -0.2) is 0 Å². The Bertz CT molecular complexity index is 307. The number of phenolic OH excluding ortho intramolecular Hbond substituents is 1. The lowest BCUT2D eigenvalue weighted by atomic mass is 9.81. The average Bonchev–Trinajstić information content (AvgIpc) is 2.17. The summed E-state index contributed by atoms with van der Waals surface area (Å²) in [4.78, 5) is 0. The molecule has 78 valence electrons. The van der Waals surface area contributed by atoms with Crippen LogP contribution >= 0.6 is 11.8 Å². The van der Waals surface area contributed by atoms with Crippen LogP contribution in [-0.4, -0.2) is 16.6 Å². The number of hydrogen-bond acceptors (Lipinski definition) is 2. The van der Waals surface area contributed by atoms with Gasteiger partial charge in [0.1, 0.15) is 5.75 Å². The lowest BCUT2D eigenvalue weighted by molar-refractivity contribution is 0.433. The molecule has 1 N–H and O–H groups in total. The third kappa shape index (κ3) is 2.06. The van der Waals surface area contributed by atoms with Crippen molar-refractivity contribution in [2.24, 2.45) is 0 Å². The van der Waals surface area contributed by atoms with E-state index in [0.29, 0.717) is 11.0 Å². The predicted molar refractivity (Wildman–Crippen MR) is 64.1 cm³/mol. The van der Waals surface area contributed by atoms with Gasteiger partial charge in [-0.3, -0.25) is 0 Å². The summed E-state index contributed by atoms with van der Waals surface area (Å²) in [5.74, 6) is 0.401. The van der Waals surface area contributed by atoms with Crippen LogP contribution < -0.4 is 0 Å². The fraction of sp³-hybridized carbons (Fsp3) is 0.500. The topological polar surface area (TPSA) is 20.2 Å². The fourth-order valence-corrected chi connectivity index (χ4v) is 2.25. The van der Waals surface area contributed by atoms with Crippen LogP contribution in [0.1, 0.15) is 26.3 Å². The summed E-state index contributed by atoms with van der Waals surface area (Å²) in [6, 6.07) is 7.59. The van der Waals surface area contributed by atoms with Crippen LogP contribution in [0.25, 0.3) is 0 Å². The molecule has 0 bridgehead atoms. The van der Waals surface area contributed by atoms with Crippen LogP contribution in [0.5, 0.6) is 5.75 Å². The van der Waals surface area contributed by atoms with Gasteiger partial charge in [-0.1, -0.05) is 39.0 Å². The molecule has 0 aliphatic carbocycles. The summed E-state index contributed by atoms with van der Waals surface area (Å²) >= 11 is 1.82. The molecule has 0 saturated carbocycles. The van der Waals surface area contributed by atoms with Crippen molar-refractivity contribution in [2.45, 2.75) is 31.4 Å². The maximum Gasteiger partial charge on any atom is 0.119 e. The highest BCUT2D eigenvalue weighted by atomic mass is 32.2. The molecule has 1 nitrogen and oxygen atoms in total. The summed E-state index contributed by atoms with van der Waals surface area (Å²) < 4.78 is 0. The van der Waals surface area contributed by atoms with Gasteiger partial charge in [0.25, 0.3) is 0 Å². The summed E-state index contributed by atoms with van der Waals surface area (Å²) in [7, 11) is 0. The standard InChI is InChI=1S/C12H18OS/c1-9(14-4)12(2,3)10-7-5-6-8-11(10)13/h5-9,13H,1-4H3. The summed E-state index contributed by atoms with van der Waals surface area (Å²) in [6.07, 6.45) is 2.10. The van der Waals surface area contributed by atoms with E-state index < -0.39 is 0 Å². The second kappa shape index (κ2) is 4.26. The first kappa shape index (κ1) is 11.4. The molecule has 0 aliphatic rings. The minimum atomic E-state index is 0.00472. The van der Waals surface area contributed by atoms with E-state index in [0.717, 1.165) is 5.56 Å². The highest BCUT2D eigenvalue weighted by molar-refractivity contribution is 7.99. The smallest absolute Gasteiger partial charge is 0.119 e. The third-order valence-electron chi connectivity index (χ3n) is 2.97. The maximum atomic E-state index is 9.78.